The monoisotopic (exact) mass is 406 g/mol. The van der Waals surface area contributed by atoms with E-state index in [1.807, 2.05) is 20.2 Å². The Balaban J connectivity index is 1.73. The molecule has 0 fully saturated rings. The fourth-order valence-electron chi connectivity index (χ4n) is 3.06. The lowest BCUT2D eigenvalue weighted by molar-refractivity contribution is 0.100. The predicted molar refractivity (Wildman–Crippen MR) is 111 cm³/mol. The molecule has 0 spiro atoms. The van der Waals surface area contributed by atoms with E-state index in [1.54, 1.807) is 39.9 Å². The Kier molecular flexibility index (Phi) is 4.97. The van der Waals surface area contributed by atoms with Crippen molar-refractivity contribution in [3.8, 4) is 11.6 Å². The van der Waals surface area contributed by atoms with Crippen LogP contribution in [0.1, 0.15) is 15.9 Å². The van der Waals surface area contributed by atoms with Crippen molar-refractivity contribution in [2.45, 2.75) is 6.54 Å². The van der Waals surface area contributed by atoms with E-state index >= 15 is 0 Å². The number of benzene rings is 1. The van der Waals surface area contributed by atoms with Gasteiger partial charge in [0, 0.05) is 26.8 Å². The molecule has 0 atom stereocenters. The van der Waals surface area contributed by atoms with Gasteiger partial charge in [0.1, 0.15) is 5.82 Å². The Morgan fingerprint density at radius 3 is 2.80 bits per heavy atom. The third-order valence-electron chi connectivity index (χ3n) is 4.48. The van der Waals surface area contributed by atoms with Crippen molar-refractivity contribution in [2.24, 2.45) is 5.73 Å². The summed E-state index contributed by atoms with van der Waals surface area (Å²) < 4.78 is 15.2. The van der Waals surface area contributed by atoms with E-state index in [0.29, 0.717) is 35.1 Å². The summed E-state index contributed by atoms with van der Waals surface area (Å²) >= 11 is 0. The van der Waals surface area contributed by atoms with Crippen molar-refractivity contribution < 1.29 is 9.18 Å². The van der Waals surface area contributed by atoms with Crippen molar-refractivity contribution in [1.82, 2.24) is 24.6 Å². The van der Waals surface area contributed by atoms with E-state index < -0.39 is 5.91 Å². The number of nitrogens with two attached hydrogens (primary N) is 1. The highest BCUT2D eigenvalue weighted by Gasteiger charge is 2.17. The van der Waals surface area contributed by atoms with E-state index in [9.17, 15) is 9.18 Å². The Morgan fingerprint density at radius 1 is 1.23 bits per heavy atom. The number of carbonyl (C=O) groups excluding carboxylic acids is 1. The normalized spacial score (nSPS) is 10.9. The lowest BCUT2D eigenvalue weighted by Crippen LogP contribution is -2.17. The number of anilines is 2. The lowest BCUT2D eigenvalue weighted by atomic mass is 10.2. The minimum absolute atomic E-state index is 0.268. The minimum atomic E-state index is -0.550. The van der Waals surface area contributed by atoms with Crippen LogP contribution in [0.25, 0.3) is 17.2 Å². The first-order chi connectivity index (χ1) is 14.4. The first kappa shape index (κ1) is 19.2. The molecule has 0 aliphatic heterocycles. The van der Waals surface area contributed by atoms with Crippen LogP contribution in [0.4, 0.5) is 16.0 Å². The molecule has 10 heteroatoms. The van der Waals surface area contributed by atoms with Gasteiger partial charge in [-0.25, -0.2) is 14.4 Å². The number of nitrogens with zero attached hydrogens (tertiary/aromatic N) is 6. The van der Waals surface area contributed by atoms with Gasteiger partial charge in [0.2, 0.25) is 5.82 Å². The van der Waals surface area contributed by atoms with Crippen LogP contribution in [0.3, 0.4) is 0 Å². The zero-order valence-electron chi connectivity index (χ0n) is 16.4. The fraction of sp³-hybridized carbons (Fsp3) is 0.150. The number of nitrogens with one attached hydrogen (secondary N) is 1. The number of halogens is 1. The zero-order chi connectivity index (χ0) is 21.3. The molecule has 1 aromatic carbocycles. The maximum atomic E-state index is 13.5. The summed E-state index contributed by atoms with van der Waals surface area (Å²) in [4.78, 5) is 22.4. The number of carbonyl (C=O) groups is 1. The summed E-state index contributed by atoms with van der Waals surface area (Å²) in [6.45, 7) is 0.352. The molecule has 152 valence electrons. The summed E-state index contributed by atoms with van der Waals surface area (Å²) in [6, 6.07) is 9.63. The second kappa shape index (κ2) is 7.74. The van der Waals surface area contributed by atoms with Gasteiger partial charge in [0.15, 0.2) is 17.5 Å². The van der Waals surface area contributed by atoms with Crippen molar-refractivity contribution in [1.29, 1.82) is 0 Å². The number of primary amides is 1. The second-order valence-corrected chi connectivity index (χ2v) is 6.81. The first-order valence-electron chi connectivity index (χ1n) is 9.10. The van der Waals surface area contributed by atoms with Crippen molar-refractivity contribution in [3.05, 3.63) is 65.7 Å². The Bertz CT molecular complexity index is 1240. The lowest BCUT2D eigenvalue weighted by Gasteiger charge is -2.16. The third kappa shape index (κ3) is 3.62. The number of rotatable bonds is 6. The molecular weight excluding hydrogens is 387 g/mol. The number of hydrogen-bond donors (Lipinski definition) is 2. The number of pyridine rings is 1. The second-order valence-electron chi connectivity index (χ2n) is 6.81. The first-order valence-corrected chi connectivity index (χ1v) is 9.10. The molecule has 0 bridgehead atoms. The van der Waals surface area contributed by atoms with Gasteiger partial charge in [-0.15, -0.1) is 10.2 Å². The van der Waals surface area contributed by atoms with Crippen LogP contribution in [0, 0.1) is 5.82 Å². The van der Waals surface area contributed by atoms with Crippen molar-refractivity contribution in [3.63, 3.8) is 0 Å². The van der Waals surface area contributed by atoms with E-state index in [4.69, 9.17) is 5.73 Å². The van der Waals surface area contributed by atoms with Gasteiger partial charge in [-0.05, 0) is 29.8 Å². The number of fused-ring (bicyclic) bond motifs is 1. The molecule has 3 aromatic heterocycles. The van der Waals surface area contributed by atoms with Crippen LogP contribution < -0.4 is 16.0 Å². The highest BCUT2D eigenvalue weighted by molar-refractivity contribution is 5.99. The van der Waals surface area contributed by atoms with E-state index in [0.717, 1.165) is 5.56 Å². The smallest absolute Gasteiger partial charge is 0.250 e. The average molecular weight is 406 g/mol. The molecule has 0 saturated carbocycles. The van der Waals surface area contributed by atoms with Crippen LogP contribution in [-0.2, 0) is 6.54 Å². The van der Waals surface area contributed by atoms with Crippen molar-refractivity contribution >= 4 is 23.1 Å². The Morgan fingerprint density at radius 2 is 2.07 bits per heavy atom. The molecule has 0 saturated heterocycles. The number of aromatic nitrogens is 5. The number of amides is 1. The van der Waals surface area contributed by atoms with Crippen LogP contribution in [0.15, 0.2) is 48.8 Å². The maximum absolute atomic E-state index is 13.5. The van der Waals surface area contributed by atoms with Crippen LogP contribution in [-0.4, -0.2) is 44.6 Å². The number of hydrogen-bond acceptors (Lipinski definition) is 7. The summed E-state index contributed by atoms with van der Waals surface area (Å²) in [7, 11) is 3.64. The molecule has 9 nitrogen and oxygen atoms in total. The van der Waals surface area contributed by atoms with Gasteiger partial charge >= 0.3 is 0 Å². The van der Waals surface area contributed by atoms with Crippen LogP contribution in [0.2, 0.25) is 0 Å². The molecule has 3 heterocycles. The summed E-state index contributed by atoms with van der Waals surface area (Å²) in [5.74, 6) is 0.818. The summed E-state index contributed by atoms with van der Waals surface area (Å²) in [5, 5.41) is 11.6. The van der Waals surface area contributed by atoms with Gasteiger partial charge < -0.3 is 16.0 Å². The van der Waals surface area contributed by atoms with E-state index in [-0.39, 0.29) is 11.6 Å². The average Bonchev–Trinajstić information content (AvgIpc) is 3.16. The molecule has 0 radical (unpaired) electrons. The molecule has 0 unspecified atom stereocenters. The largest absolute Gasteiger partial charge is 0.366 e. The molecule has 4 aromatic rings. The van der Waals surface area contributed by atoms with Crippen LogP contribution >= 0.6 is 0 Å². The fourth-order valence-corrected chi connectivity index (χ4v) is 3.06. The third-order valence-corrected chi connectivity index (χ3v) is 4.48. The molecule has 1 amide bonds. The van der Waals surface area contributed by atoms with Gasteiger partial charge in [-0.2, -0.15) is 0 Å². The molecule has 30 heavy (non-hydrogen) atoms. The molecule has 3 N–H and O–H groups in total. The van der Waals surface area contributed by atoms with E-state index in [2.05, 4.69) is 25.5 Å². The standard InChI is InChI=1S/C20H19FN8O/c1-28(2)20-17(23-10-12-5-3-6-13(21)9-12)25-18(26-27-20)19-24-11-15-14(16(22)30)7-4-8-29(15)19/h3-9,11H,10H2,1-2H3,(H2,22,30)(H,23,25,26). The predicted octanol–water partition coefficient (Wildman–Crippen LogP) is 2.10. The summed E-state index contributed by atoms with van der Waals surface area (Å²) in [6.07, 6.45) is 3.28. The van der Waals surface area contributed by atoms with Gasteiger partial charge in [-0.3, -0.25) is 9.20 Å². The highest BCUT2D eigenvalue weighted by atomic mass is 19.1. The molecule has 0 aliphatic carbocycles. The molecular formula is C20H19FN8O. The molecule has 0 aliphatic rings. The van der Waals surface area contributed by atoms with E-state index in [1.165, 1.54) is 12.1 Å². The van der Waals surface area contributed by atoms with Gasteiger partial charge in [-0.1, -0.05) is 12.1 Å². The Hall–Kier alpha value is -4.08. The topological polar surface area (TPSA) is 114 Å². The summed E-state index contributed by atoms with van der Waals surface area (Å²) in [5.41, 5.74) is 7.10. The van der Waals surface area contributed by atoms with Crippen molar-refractivity contribution in [2.75, 3.05) is 24.3 Å². The van der Waals surface area contributed by atoms with Gasteiger partial charge in [0.25, 0.3) is 5.91 Å². The van der Waals surface area contributed by atoms with Crippen LogP contribution in [0.5, 0.6) is 0 Å². The van der Waals surface area contributed by atoms with Gasteiger partial charge in [0.05, 0.1) is 17.3 Å². The Labute approximate surface area is 171 Å². The highest BCUT2D eigenvalue weighted by Crippen LogP contribution is 2.24. The molecule has 4 rings (SSSR count). The maximum Gasteiger partial charge on any atom is 0.250 e. The number of imidazole rings is 1. The zero-order valence-corrected chi connectivity index (χ0v) is 16.4. The minimum Gasteiger partial charge on any atom is -0.366 e. The quantitative estimate of drug-likeness (QED) is 0.504. The SMILES string of the molecule is CN(C)c1nnc(-c2ncc3c(C(N)=O)cccn23)nc1NCc1cccc(F)c1.